The molecule has 1 aliphatic rings. The molecule has 1 aromatic heterocycles. The molecule has 0 amide bonds. The zero-order chi connectivity index (χ0) is 15.6. The van der Waals surface area contributed by atoms with Gasteiger partial charge in [0.25, 0.3) is 5.56 Å². The van der Waals surface area contributed by atoms with Crippen LogP contribution in [0.5, 0.6) is 0 Å². The number of aliphatic hydroxyl groups is 2. The lowest BCUT2D eigenvalue weighted by Crippen LogP contribution is -2.37. The van der Waals surface area contributed by atoms with Crippen LogP contribution in [0, 0.1) is 5.92 Å². The third-order valence-electron chi connectivity index (χ3n) is 3.17. The average Bonchev–Trinajstić information content (AvgIpc) is 2.78. The number of hydrogen-bond acceptors (Lipinski definition) is 6. The Morgan fingerprint density at radius 1 is 1.52 bits per heavy atom. The fourth-order valence-electron chi connectivity index (χ4n) is 2.03. The maximum atomic E-state index is 11.8. The fraction of sp³-hybridized carbons (Fsp3) is 0.417. The van der Waals surface area contributed by atoms with Crippen molar-refractivity contribution < 1.29 is 24.9 Å². The lowest BCUT2D eigenvalue weighted by Gasteiger charge is -2.18. The largest absolute Gasteiger partial charge is 0.478 e. The van der Waals surface area contributed by atoms with Crippen LogP contribution >= 0.6 is 0 Å². The van der Waals surface area contributed by atoms with Crippen molar-refractivity contribution >= 4 is 12.0 Å². The van der Waals surface area contributed by atoms with Crippen LogP contribution in [0.25, 0.3) is 6.08 Å². The van der Waals surface area contributed by atoms with E-state index in [1.54, 1.807) is 0 Å². The van der Waals surface area contributed by atoms with E-state index in [0.717, 1.165) is 22.9 Å². The van der Waals surface area contributed by atoms with Crippen molar-refractivity contribution in [3.63, 3.8) is 0 Å². The molecular weight excluding hydrogens is 284 g/mol. The highest BCUT2D eigenvalue weighted by atomic mass is 16.5. The Kier molecular flexibility index (Phi) is 4.36. The molecule has 0 aromatic carbocycles. The Balaban J connectivity index is 2.41. The molecule has 0 radical (unpaired) electrons. The number of nitrogens with zero attached hydrogens (tertiary/aromatic N) is 1. The number of nitrogens with one attached hydrogen (secondary N) is 1. The summed E-state index contributed by atoms with van der Waals surface area (Å²) in [5.74, 6) is -1.78. The third-order valence-corrected chi connectivity index (χ3v) is 3.17. The molecule has 1 fully saturated rings. The summed E-state index contributed by atoms with van der Waals surface area (Å²) in [6, 6.07) is 0. The van der Waals surface area contributed by atoms with Crippen LogP contribution in [-0.2, 0) is 9.53 Å². The quantitative estimate of drug-likeness (QED) is 0.477. The van der Waals surface area contributed by atoms with Gasteiger partial charge in [-0.05, 0) is 6.08 Å². The maximum absolute atomic E-state index is 11.8. The molecule has 2 heterocycles. The second-order valence-corrected chi connectivity index (χ2v) is 4.58. The highest BCUT2D eigenvalue weighted by Gasteiger charge is 2.37. The van der Waals surface area contributed by atoms with E-state index in [2.05, 4.69) is 0 Å². The molecule has 9 nitrogen and oxygen atoms in total. The van der Waals surface area contributed by atoms with E-state index >= 15 is 0 Å². The average molecular weight is 298 g/mol. The summed E-state index contributed by atoms with van der Waals surface area (Å²) < 4.78 is 6.21. The Labute approximate surface area is 117 Å². The van der Waals surface area contributed by atoms with Crippen LogP contribution in [0.15, 0.2) is 21.9 Å². The van der Waals surface area contributed by atoms with Crippen molar-refractivity contribution in [3.05, 3.63) is 38.7 Å². The van der Waals surface area contributed by atoms with Gasteiger partial charge in [-0.1, -0.05) is 0 Å². The minimum atomic E-state index is -1.25. The summed E-state index contributed by atoms with van der Waals surface area (Å²) in [6.07, 6.45) is 0.719. The lowest BCUT2D eigenvalue weighted by atomic mass is 10.1. The number of carbonyl (C=O) groups is 1. The summed E-state index contributed by atoms with van der Waals surface area (Å²) >= 11 is 0. The van der Waals surface area contributed by atoms with E-state index in [1.807, 2.05) is 4.98 Å². The van der Waals surface area contributed by atoms with Crippen LogP contribution in [0.2, 0.25) is 0 Å². The molecule has 0 spiro atoms. The Bertz CT molecular complexity index is 675. The number of carboxylic acid groups (broad SMARTS) is 1. The Hall–Kier alpha value is -2.23. The number of aliphatic hydroxyl groups excluding tert-OH is 2. The molecule has 21 heavy (non-hydrogen) atoms. The zero-order valence-corrected chi connectivity index (χ0v) is 10.8. The van der Waals surface area contributed by atoms with Gasteiger partial charge in [0.1, 0.15) is 6.10 Å². The lowest BCUT2D eigenvalue weighted by molar-refractivity contribution is -0.131. The number of aliphatic carboxylic acids is 1. The van der Waals surface area contributed by atoms with Gasteiger partial charge >= 0.3 is 11.7 Å². The molecule has 3 unspecified atom stereocenters. The molecule has 9 heteroatoms. The van der Waals surface area contributed by atoms with E-state index in [9.17, 15) is 19.5 Å². The molecule has 4 N–H and O–H groups in total. The van der Waals surface area contributed by atoms with Gasteiger partial charge in [0.15, 0.2) is 6.23 Å². The number of H-pyrrole nitrogens is 1. The standard InChI is InChI=1S/C12H14N2O7/c15-4-7-5-21-11(9(7)18)14-3-6(1-2-8(16)17)10(19)13-12(14)20/h1-3,7,9,11,15,18H,4-5H2,(H,16,17)(H,13,19,20). The van der Waals surface area contributed by atoms with Crippen LogP contribution < -0.4 is 11.2 Å². The summed E-state index contributed by atoms with van der Waals surface area (Å²) in [6.45, 7) is -0.240. The monoisotopic (exact) mass is 298 g/mol. The first-order valence-electron chi connectivity index (χ1n) is 6.11. The summed E-state index contributed by atoms with van der Waals surface area (Å²) in [5.41, 5.74) is -1.62. The first-order chi connectivity index (χ1) is 9.93. The smallest absolute Gasteiger partial charge is 0.330 e. The zero-order valence-electron chi connectivity index (χ0n) is 10.8. The second-order valence-electron chi connectivity index (χ2n) is 4.58. The number of rotatable bonds is 4. The summed E-state index contributed by atoms with van der Waals surface area (Å²) in [7, 11) is 0. The first-order valence-corrected chi connectivity index (χ1v) is 6.11. The van der Waals surface area contributed by atoms with E-state index in [1.165, 1.54) is 0 Å². The molecular formula is C12H14N2O7. The number of aromatic amines is 1. The van der Waals surface area contributed by atoms with Gasteiger partial charge < -0.3 is 20.1 Å². The van der Waals surface area contributed by atoms with E-state index in [-0.39, 0.29) is 18.8 Å². The topological polar surface area (TPSA) is 142 Å². The van der Waals surface area contributed by atoms with Crippen molar-refractivity contribution in [2.45, 2.75) is 12.3 Å². The van der Waals surface area contributed by atoms with Crippen molar-refractivity contribution in [3.8, 4) is 0 Å². The van der Waals surface area contributed by atoms with Crippen LogP contribution in [0.4, 0.5) is 0 Å². The third kappa shape index (κ3) is 3.10. The van der Waals surface area contributed by atoms with Gasteiger partial charge in [-0.2, -0.15) is 0 Å². The van der Waals surface area contributed by atoms with Gasteiger partial charge in [-0.15, -0.1) is 0 Å². The molecule has 2 rings (SSSR count). The van der Waals surface area contributed by atoms with E-state index in [4.69, 9.17) is 14.9 Å². The Morgan fingerprint density at radius 2 is 2.24 bits per heavy atom. The van der Waals surface area contributed by atoms with Gasteiger partial charge in [0.05, 0.1) is 18.8 Å². The predicted octanol–water partition coefficient (Wildman–Crippen LogP) is -1.87. The number of hydrogen-bond donors (Lipinski definition) is 4. The highest BCUT2D eigenvalue weighted by Crippen LogP contribution is 2.27. The van der Waals surface area contributed by atoms with Gasteiger partial charge in [0.2, 0.25) is 0 Å². The normalized spacial score (nSPS) is 25.5. The van der Waals surface area contributed by atoms with Gasteiger partial charge in [-0.25, -0.2) is 9.59 Å². The molecule has 1 aliphatic heterocycles. The van der Waals surface area contributed by atoms with Crippen molar-refractivity contribution in [2.24, 2.45) is 5.92 Å². The van der Waals surface area contributed by atoms with Gasteiger partial charge in [0, 0.05) is 18.2 Å². The first kappa shape index (κ1) is 15.2. The molecule has 3 atom stereocenters. The molecule has 114 valence electrons. The van der Waals surface area contributed by atoms with Gasteiger partial charge in [-0.3, -0.25) is 14.3 Å². The van der Waals surface area contributed by atoms with Crippen LogP contribution in [-0.4, -0.2) is 50.2 Å². The highest BCUT2D eigenvalue weighted by molar-refractivity contribution is 5.85. The van der Waals surface area contributed by atoms with Crippen molar-refractivity contribution in [1.29, 1.82) is 0 Å². The molecule has 1 aromatic rings. The fourth-order valence-corrected chi connectivity index (χ4v) is 2.03. The van der Waals surface area contributed by atoms with E-state index in [0.29, 0.717) is 0 Å². The minimum Gasteiger partial charge on any atom is -0.478 e. The molecule has 0 aliphatic carbocycles. The Morgan fingerprint density at radius 3 is 2.81 bits per heavy atom. The van der Waals surface area contributed by atoms with Crippen molar-refractivity contribution in [1.82, 2.24) is 9.55 Å². The maximum Gasteiger partial charge on any atom is 0.330 e. The molecule has 1 saturated heterocycles. The molecule has 0 bridgehead atoms. The van der Waals surface area contributed by atoms with Crippen LogP contribution in [0.1, 0.15) is 11.8 Å². The number of ether oxygens (including phenoxy) is 1. The van der Waals surface area contributed by atoms with E-state index < -0.39 is 35.5 Å². The SMILES string of the molecule is O=C(O)C=Cc1cn(C2OCC(CO)C2O)c(=O)[nH]c1=O. The number of aromatic nitrogens is 2. The summed E-state index contributed by atoms with van der Waals surface area (Å²) in [4.78, 5) is 35.8. The number of carboxylic acids is 1. The minimum absolute atomic E-state index is 0.0637. The second kappa shape index (κ2) is 6.04. The van der Waals surface area contributed by atoms with Crippen LogP contribution in [0.3, 0.4) is 0 Å². The van der Waals surface area contributed by atoms with Crippen molar-refractivity contribution in [2.75, 3.05) is 13.2 Å². The molecule has 0 saturated carbocycles. The predicted molar refractivity (Wildman–Crippen MR) is 69.6 cm³/mol. The summed E-state index contributed by atoms with van der Waals surface area (Å²) in [5, 5.41) is 27.6.